The first-order valence-corrected chi connectivity index (χ1v) is 7.88. The molecule has 1 fully saturated rings. The van der Waals surface area contributed by atoms with Gasteiger partial charge in [-0.05, 0) is 25.0 Å². The van der Waals surface area contributed by atoms with Crippen molar-refractivity contribution >= 4 is 17.4 Å². The van der Waals surface area contributed by atoms with Crippen LogP contribution in [0.4, 0.5) is 11.5 Å². The van der Waals surface area contributed by atoms with Crippen LogP contribution in [0.3, 0.4) is 0 Å². The maximum absolute atomic E-state index is 12.4. The van der Waals surface area contributed by atoms with Gasteiger partial charge in [0.05, 0.1) is 18.9 Å². The lowest BCUT2D eigenvalue weighted by molar-refractivity contribution is 0.102. The minimum absolute atomic E-state index is 0.200. The maximum atomic E-state index is 12.4. The molecule has 0 radical (unpaired) electrons. The molecule has 7 nitrogen and oxygen atoms in total. The lowest BCUT2D eigenvalue weighted by Crippen LogP contribution is -2.20. The van der Waals surface area contributed by atoms with Crippen molar-refractivity contribution in [1.82, 2.24) is 9.97 Å². The van der Waals surface area contributed by atoms with Gasteiger partial charge < -0.3 is 20.1 Å². The summed E-state index contributed by atoms with van der Waals surface area (Å²) in [4.78, 5) is 20.6. The van der Waals surface area contributed by atoms with Gasteiger partial charge in [-0.25, -0.2) is 9.97 Å². The predicted octanol–water partition coefficient (Wildman–Crippen LogP) is 2.33. The average Bonchev–Trinajstić information content (AvgIpc) is 3.14. The Morgan fingerprint density at radius 3 is 3.04 bits per heavy atom. The standard InChI is InChI=1S/C17H20N4O3/c1-23-15-7-3-2-6-13(15)21-17(22)14-9-16(20-11-19-14)18-10-12-5-4-8-24-12/h2-3,6-7,9,11-12H,4-5,8,10H2,1H3,(H,21,22)(H,18,19,20). The van der Waals surface area contributed by atoms with Crippen molar-refractivity contribution < 1.29 is 14.3 Å². The molecular weight excluding hydrogens is 308 g/mol. The topological polar surface area (TPSA) is 85.4 Å². The first kappa shape index (κ1) is 16.2. The number of rotatable bonds is 6. The summed E-state index contributed by atoms with van der Waals surface area (Å²) in [5.41, 5.74) is 0.878. The molecule has 24 heavy (non-hydrogen) atoms. The number of ether oxygens (including phenoxy) is 2. The lowest BCUT2D eigenvalue weighted by Gasteiger charge is -2.12. The zero-order chi connectivity index (χ0) is 16.8. The van der Waals surface area contributed by atoms with Gasteiger partial charge >= 0.3 is 0 Å². The molecule has 0 saturated carbocycles. The van der Waals surface area contributed by atoms with Gasteiger partial charge in [-0.15, -0.1) is 0 Å². The van der Waals surface area contributed by atoms with E-state index in [-0.39, 0.29) is 17.7 Å². The molecular formula is C17H20N4O3. The molecule has 7 heteroatoms. The third kappa shape index (κ3) is 3.99. The Morgan fingerprint density at radius 1 is 1.38 bits per heavy atom. The molecule has 0 spiro atoms. The van der Waals surface area contributed by atoms with Crippen LogP contribution in [0.1, 0.15) is 23.3 Å². The van der Waals surface area contributed by atoms with E-state index >= 15 is 0 Å². The first-order valence-electron chi connectivity index (χ1n) is 7.88. The maximum Gasteiger partial charge on any atom is 0.274 e. The van der Waals surface area contributed by atoms with Gasteiger partial charge in [-0.1, -0.05) is 12.1 Å². The molecule has 1 unspecified atom stereocenters. The summed E-state index contributed by atoms with van der Waals surface area (Å²) >= 11 is 0. The summed E-state index contributed by atoms with van der Waals surface area (Å²) in [5.74, 6) is 0.879. The molecule has 2 aromatic rings. The number of carbonyl (C=O) groups is 1. The third-order valence-electron chi connectivity index (χ3n) is 3.79. The highest BCUT2D eigenvalue weighted by Crippen LogP contribution is 2.23. The minimum atomic E-state index is -0.318. The number of hydrogen-bond acceptors (Lipinski definition) is 6. The van der Waals surface area contributed by atoms with Crippen molar-refractivity contribution in [3.63, 3.8) is 0 Å². The number of aromatic nitrogens is 2. The number of methoxy groups -OCH3 is 1. The monoisotopic (exact) mass is 328 g/mol. The Labute approximate surface area is 140 Å². The molecule has 2 N–H and O–H groups in total. The smallest absolute Gasteiger partial charge is 0.274 e. The highest BCUT2D eigenvalue weighted by atomic mass is 16.5. The minimum Gasteiger partial charge on any atom is -0.495 e. The van der Waals surface area contributed by atoms with Gasteiger partial charge in [0.25, 0.3) is 5.91 Å². The molecule has 2 heterocycles. The molecule has 3 rings (SSSR count). The first-order chi connectivity index (χ1) is 11.8. The second-order valence-electron chi connectivity index (χ2n) is 5.46. The van der Waals surface area contributed by atoms with Gasteiger partial charge in [0.15, 0.2) is 0 Å². The summed E-state index contributed by atoms with van der Waals surface area (Å²) < 4.78 is 10.8. The van der Waals surface area contributed by atoms with E-state index in [4.69, 9.17) is 9.47 Å². The van der Waals surface area contributed by atoms with Crippen molar-refractivity contribution in [1.29, 1.82) is 0 Å². The molecule has 0 aliphatic carbocycles. The molecule has 126 valence electrons. The van der Waals surface area contributed by atoms with Crippen LogP contribution in [0.25, 0.3) is 0 Å². The van der Waals surface area contributed by atoms with E-state index in [2.05, 4.69) is 20.6 Å². The number of anilines is 2. The van der Waals surface area contributed by atoms with Crippen LogP contribution in [0.15, 0.2) is 36.7 Å². The summed E-state index contributed by atoms with van der Waals surface area (Å²) in [6.45, 7) is 1.48. The average molecular weight is 328 g/mol. The fourth-order valence-electron chi connectivity index (χ4n) is 2.54. The van der Waals surface area contributed by atoms with Crippen LogP contribution in [-0.2, 0) is 4.74 Å². The second-order valence-corrected chi connectivity index (χ2v) is 5.46. The summed E-state index contributed by atoms with van der Waals surface area (Å²) in [5, 5.41) is 5.98. The molecule has 1 aromatic carbocycles. The van der Waals surface area contributed by atoms with E-state index in [1.54, 1.807) is 25.3 Å². The zero-order valence-corrected chi connectivity index (χ0v) is 13.5. The Hall–Kier alpha value is -2.67. The number of carbonyl (C=O) groups excluding carboxylic acids is 1. The quantitative estimate of drug-likeness (QED) is 0.846. The summed E-state index contributed by atoms with van der Waals surface area (Å²) in [6, 6.07) is 8.84. The fourth-order valence-corrected chi connectivity index (χ4v) is 2.54. The van der Waals surface area contributed by atoms with Gasteiger partial charge in [-0.3, -0.25) is 4.79 Å². The number of nitrogens with one attached hydrogen (secondary N) is 2. The van der Waals surface area contributed by atoms with E-state index < -0.39 is 0 Å². The van der Waals surface area contributed by atoms with E-state index in [1.807, 2.05) is 12.1 Å². The highest BCUT2D eigenvalue weighted by molar-refractivity contribution is 6.04. The Morgan fingerprint density at radius 2 is 2.25 bits per heavy atom. The molecule has 1 amide bonds. The molecule has 1 aromatic heterocycles. The predicted molar refractivity (Wildman–Crippen MR) is 90.4 cm³/mol. The van der Waals surface area contributed by atoms with Crippen molar-refractivity contribution in [3.8, 4) is 5.75 Å². The summed E-state index contributed by atoms with van der Waals surface area (Å²) in [7, 11) is 1.56. The van der Waals surface area contributed by atoms with Gasteiger partial charge in [0, 0.05) is 19.2 Å². The second kappa shape index (κ2) is 7.74. The lowest BCUT2D eigenvalue weighted by atomic mass is 10.2. The summed E-state index contributed by atoms with van der Waals surface area (Å²) in [6.07, 6.45) is 3.70. The van der Waals surface area contributed by atoms with E-state index in [1.165, 1.54) is 6.33 Å². The van der Waals surface area contributed by atoms with Gasteiger partial charge in [0.2, 0.25) is 0 Å². The van der Waals surface area contributed by atoms with Crippen molar-refractivity contribution in [2.75, 3.05) is 30.9 Å². The Balaban J connectivity index is 1.65. The normalized spacial score (nSPS) is 16.6. The van der Waals surface area contributed by atoms with Crippen molar-refractivity contribution in [2.45, 2.75) is 18.9 Å². The molecule has 1 aliphatic heterocycles. The highest BCUT2D eigenvalue weighted by Gasteiger charge is 2.16. The SMILES string of the molecule is COc1ccccc1NC(=O)c1cc(NCC2CCCO2)ncn1. The van der Waals surface area contributed by atoms with Crippen LogP contribution in [0.5, 0.6) is 5.75 Å². The Kier molecular flexibility index (Phi) is 5.22. The molecule has 1 atom stereocenters. The van der Waals surface area contributed by atoms with Crippen LogP contribution in [0, 0.1) is 0 Å². The van der Waals surface area contributed by atoms with Crippen LogP contribution in [0.2, 0.25) is 0 Å². The van der Waals surface area contributed by atoms with Crippen LogP contribution < -0.4 is 15.4 Å². The van der Waals surface area contributed by atoms with Crippen LogP contribution >= 0.6 is 0 Å². The van der Waals surface area contributed by atoms with Gasteiger partial charge in [0.1, 0.15) is 23.6 Å². The number of amides is 1. The number of benzene rings is 1. The van der Waals surface area contributed by atoms with E-state index in [9.17, 15) is 4.79 Å². The Bertz CT molecular complexity index is 702. The molecule has 0 bridgehead atoms. The number of nitrogens with zero attached hydrogens (tertiary/aromatic N) is 2. The zero-order valence-electron chi connectivity index (χ0n) is 13.5. The van der Waals surface area contributed by atoms with E-state index in [0.29, 0.717) is 23.8 Å². The van der Waals surface area contributed by atoms with Gasteiger partial charge in [-0.2, -0.15) is 0 Å². The third-order valence-corrected chi connectivity index (χ3v) is 3.79. The van der Waals surface area contributed by atoms with Crippen LogP contribution in [-0.4, -0.2) is 42.2 Å². The molecule has 1 aliphatic rings. The number of hydrogen-bond donors (Lipinski definition) is 2. The van der Waals surface area contributed by atoms with Crippen molar-refractivity contribution in [2.24, 2.45) is 0 Å². The van der Waals surface area contributed by atoms with Crippen molar-refractivity contribution in [3.05, 3.63) is 42.4 Å². The largest absolute Gasteiger partial charge is 0.495 e. The number of para-hydroxylation sites is 2. The van der Waals surface area contributed by atoms with E-state index in [0.717, 1.165) is 19.4 Å². The fraction of sp³-hybridized carbons (Fsp3) is 0.353. The molecule has 1 saturated heterocycles.